The van der Waals surface area contributed by atoms with Crippen molar-refractivity contribution < 1.29 is 22.7 Å². The van der Waals surface area contributed by atoms with Crippen molar-refractivity contribution in [2.45, 2.75) is 12.8 Å². The quantitative estimate of drug-likeness (QED) is 0.793. The van der Waals surface area contributed by atoms with Crippen molar-refractivity contribution in [3.8, 4) is 5.75 Å². The number of nitrogens with zero attached hydrogens (tertiary/aromatic N) is 1. The van der Waals surface area contributed by atoms with Gasteiger partial charge in [-0.25, -0.2) is 12.7 Å². The van der Waals surface area contributed by atoms with E-state index in [-0.39, 0.29) is 18.4 Å². The van der Waals surface area contributed by atoms with E-state index >= 15 is 0 Å². The summed E-state index contributed by atoms with van der Waals surface area (Å²) >= 11 is 0. The second-order valence-electron chi connectivity index (χ2n) is 5.94. The first-order chi connectivity index (χ1) is 11.8. The number of benzene rings is 1. The monoisotopic (exact) mass is 369 g/mol. The number of anilines is 1. The summed E-state index contributed by atoms with van der Waals surface area (Å²) in [6.45, 7) is 0.584. The van der Waals surface area contributed by atoms with Gasteiger partial charge in [0.25, 0.3) is 5.91 Å². The van der Waals surface area contributed by atoms with Crippen LogP contribution in [0.2, 0.25) is 0 Å². The van der Waals surface area contributed by atoms with E-state index in [0.717, 1.165) is 6.26 Å². The maximum atomic E-state index is 12.6. The van der Waals surface area contributed by atoms with Gasteiger partial charge in [-0.15, -0.1) is 0 Å². The van der Waals surface area contributed by atoms with E-state index in [0.29, 0.717) is 36.4 Å². The van der Waals surface area contributed by atoms with Gasteiger partial charge in [0.15, 0.2) is 0 Å². The number of methoxy groups -OCH3 is 1. The molecule has 1 saturated heterocycles. The number of carbonyl (C=O) groups is 2. The molecule has 1 aromatic carbocycles. The van der Waals surface area contributed by atoms with Gasteiger partial charge in [-0.3, -0.25) is 9.59 Å². The summed E-state index contributed by atoms with van der Waals surface area (Å²) in [6.07, 6.45) is 2.37. The average molecular weight is 369 g/mol. The van der Waals surface area contributed by atoms with Gasteiger partial charge in [0.2, 0.25) is 15.9 Å². The molecule has 0 unspecified atom stereocenters. The molecule has 138 valence electrons. The van der Waals surface area contributed by atoms with Gasteiger partial charge < -0.3 is 15.4 Å². The van der Waals surface area contributed by atoms with Crippen molar-refractivity contribution in [1.29, 1.82) is 0 Å². The number of amides is 2. The summed E-state index contributed by atoms with van der Waals surface area (Å²) < 4.78 is 29.9. The molecule has 1 aromatic rings. The Morgan fingerprint density at radius 3 is 2.64 bits per heavy atom. The van der Waals surface area contributed by atoms with Gasteiger partial charge in [0, 0.05) is 25.7 Å². The van der Waals surface area contributed by atoms with Crippen molar-refractivity contribution in [3.05, 3.63) is 23.8 Å². The van der Waals surface area contributed by atoms with Crippen LogP contribution >= 0.6 is 0 Å². The SMILES string of the molecule is CNC(=O)c1ccc(OC)c(NC(=O)[C@H]2CCCN(S(C)(=O)=O)C2)c1. The molecule has 2 amide bonds. The maximum absolute atomic E-state index is 12.6. The van der Waals surface area contributed by atoms with E-state index in [4.69, 9.17) is 4.74 Å². The first-order valence-electron chi connectivity index (χ1n) is 7.92. The predicted molar refractivity (Wildman–Crippen MR) is 94.2 cm³/mol. The van der Waals surface area contributed by atoms with Crippen LogP contribution in [0.25, 0.3) is 0 Å². The van der Waals surface area contributed by atoms with Crippen molar-refractivity contribution >= 4 is 27.5 Å². The Labute approximate surface area is 147 Å². The molecule has 1 aliphatic rings. The number of rotatable bonds is 5. The normalized spacial score (nSPS) is 18.4. The molecule has 9 heteroatoms. The predicted octanol–water partition coefficient (Wildman–Crippen LogP) is 0.665. The molecule has 1 fully saturated rings. The number of hydrogen-bond donors (Lipinski definition) is 2. The Morgan fingerprint density at radius 2 is 2.04 bits per heavy atom. The molecule has 2 rings (SSSR count). The molecule has 0 spiro atoms. The fraction of sp³-hybridized carbons (Fsp3) is 0.500. The molecule has 1 heterocycles. The first kappa shape index (κ1) is 19.2. The van der Waals surface area contributed by atoms with Crippen LogP contribution in [-0.4, -0.2) is 58.0 Å². The standard InChI is InChI=1S/C16H23N3O5S/c1-17-15(20)11-6-7-14(24-2)13(9-11)18-16(21)12-5-4-8-19(10-12)25(3,22)23/h6-7,9,12H,4-5,8,10H2,1-3H3,(H,17,20)(H,18,21)/t12-/m0/s1. The van der Waals surface area contributed by atoms with Crippen molar-refractivity contribution in [1.82, 2.24) is 9.62 Å². The third-order valence-corrected chi connectivity index (χ3v) is 5.44. The lowest BCUT2D eigenvalue weighted by Crippen LogP contribution is -2.43. The molecular weight excluding hydrogens is 346 g/mol. The third-order valence-electron chi connectivity index (χ3n) is 4.17. The molecule has 0 aromatic heterocycles. The second kappa shape index (κ2) is 7.83. The summed E-state index contributed by atoms with van der Waals surface area (Å²) in [4.78, 5) is 24.3. The molecule has 1 aliphatic heterocycles. The highest BCUT2D eigenvalue weighted by Gasteiger charge is 2.30. The highest BCUT2D eigenvalue weighted by Crippen LogP contribution is 2.27. The summed E-state index contributed by atoms with van der Waals surface area (Å²) in [5.41, 5.74) is 0.769. The zero-order valence-corrected chi connectivity index (χ0v) is 15.4. The Hall–Kier alpha value is -2.13. The van der Waals surface area contributed by atoms with Crippen LogP contribution in [0.3, 0.4) is 0 Å². The molecule has 8 nitrogen and oxygen atoms in total. The fourth-order valence-electron chi connectivity index (χ4n) is 2.78. The molecule has 0 bridgehead atoms. The number of nitrogens with one attached hydrogen (secondary N) is 2. The van der Waals surface area contributed by atoms with Crippen LogP contribution in [0, 0.1) is 5.92 Å². The zero-order chi connectivity index (χ0) is 18.6. The van der Waals surface area contributed by atoms with Crippen LogP contribution in [0.4, 0.5) is 5.69 Å². The zero-order valence-electron chi connectivity index (χ0n) is 14.5. The van der Waals surface area contributed by atoms with Crippen LogP contribution in [0.5, 0.6) is 5.75 Å². The summed E-state index contributed by atoms with van der Waals surface area (Å²) in [5, 5.41) is 5.28. The van der Waals surface area contributed by atoms with E-state index in [2.05, 4.69) is 10.6 Å². The Morgan fingerprint density at radius 1 is 1.32 bits per heavy atom. The van der Waals surface area contributed by atoms with E-state index in [1.807, 2.05) is 0 Å². The topological polar surface area (TPSA) is 105 Å². The lowest BCUT2D eigenvalue weighted by Gasteiger charge is -2.30. The van der Waals surface area contributed by atoms with Gasteiger partial charge >= 0.3 is 0 Å². The highest BCUT2D eigenvalue weighted by atomic mass is 32.2. The van der Waals surface area contributed by atoms with Crippen LogP contribution in [0.15, 0.2) is 18.2 Å². The van der Waals surface area contributed by atoms with Crippen LogP contribution < -0.4 is 15.4 Å². The third kappa shape index (κ3) is 4.70. The lowest BCUT2D eigenvalue weighted by atomic mass is 9.98. The van der Waals surface area contributed by atoms with Crippen molar-refractivity contribution in [2.75, 3.05) is 38.8 Å². The van der Waals surface area contributed by atoms with Gasteiger partial charge in [0.05, 0.1) is 25.0 Å². The molecule has 25 heavy (non-hydrogen) atoms. The minimum absolute atomic E-state index is 0.155. The highest BCUT2D eigenvalue weighted by molar-refractivity contribution is 7.88. The van der Waals surface area contributed by atoms with Gasteiger partial charge in [-0.1, -0.05) is 0 Å². The molecule has 0 saturated carbocycles. The van der Waals surface area contributed by atoms with E-state index in [9.17, 15) is 18.0 Å². The number of carbonyl (C=O) groups excluding carboxylic acids is 2. The minimum atomic E-state index is -3.32. The smallest absolute Gasteiger partial charge is 0.251 e. The van der Waals surface area contributed by atoms with E-state index < -0.39 is 15.9 Å². The molecule has 0 aliphatic carbocycles. The van der Waals surface area contributed by atoms with Crippen molar-refractivity contribution in [3.63, 3.8) is 0 Å². The minimum Gasteiger partial charge on any atom is -0.495 e. The maximum Gasteiger partial charge on any atom is 0.251 e. The Kier molecular flexibility index (Phi) is 6.02. The Balaban J connectivity index is 2.17. The van der Waals surface area contributed by atoms with Crippen LogP contribution in [-0.2, 0) is 14.8 Å². The molecule has 2 N–H and O–H groups in total. The molecule has 1 atom stereocenters. The largest absolute Gasteiger partial charge is 0.495 e. The average Bonchev–Trinajstić information content (AvgIpc) is 2.60. The molecule has 0 radical (unpaired) electrons. The second-order valence-corrected chi connectivity index (χ2v) is 7.93. The van der Waals surface area contributed by atoms with Crippen LogP contribution in [0.1, 0.15) is 23.2 Å². The summed E-state index contributed by atoms with van der Waals surface area (Å²) in [6, 6.07) is 4.73. The van der Waals surface area contributed by atoms with Crippen molar-refractivity contribution in [2.24, 2.45) is 5.92 Å². The number of hydrogen-bond acceptors (Lipinski definition) is 5. The van der Waals surface area contributed by atoms with Gasteiger partial charge in [-0.2, -0.15) is 0 Å². The number of ether oxygens (including phenoxy) is 1. The number of piperidine rings is 1. The van der Waals surface area contributed by atoms with Gasteiger partial charge in [-0.05, 0) is 31.0 Å². The van der Waals surface area contributed by atoms with E-state index in [1.54, 1.807) is 12.1 Å². The number of sulfonamides is 1. The van der Waals surface area contributed by atoms with Gasteiger partial charge in [0.1, 0.15) is 5.75 Å². The first-order valence-corrected chi connectivity index (χ1v) is 9.77. The lowest BCUT2D eigenvalue weighted by molar-refractivity contribution is -0.120. The Bertz CT molecular complexity index is 763. The summed E-state index contributed by atoms with van der Waals surface area (Å²) in [5.74, 6) is -0.589. The molecular formula is C16H23N3O5S. The van der Waals surface area contributed by atoms with E-state index in [1.165, 1.54) is 24.5 Å². The fourth-order valence-corrected chi connectivity index (χ4v) is 3.70. The summed E-state index contributed by atoms with van der Waals surface area (Å²) in [7, 11) is -0.334.